The molecule has 3 aromatic rings. The Balaban J connectivity index is 1.30. The molecule has 1 saturated carbocycles. The van der Waals surface area contributed by atoms with Gasteiger partial charge in [0.2, 0.25) is 16.0 Å². The number of benzene rings is 2. The van der Waals surface area contributed by atoms with Crippen molar-refractivity contribution >= 4 is 32.7 Å². The second kappa shape index (κ2) is 10.2. The van der Waals surface area contributed by atoms with Crippen LogP contribution in [0.15, 0.2) is 47.4 Å². The van der Waals surface area contributed by atoms with Gasteiger partial charge in [0.25, 0.3) is 0 Å². The van der Waals surface area contributed by atoms with E-state index in [0.29, 0.717) is 17.9 Å². The number of para-hydroxylation sites is 1. The van der Waals surface area contributed by atoms with Crippen LogP contribution in [0.3, 0.4) is 0 Å². The minimum Gasteiger partial charge on any atom is -0.362 e. The van der Waals surface area contributed by atoms with Gasteiger partial charge in [-0.2, -0.15) is 4.98 Å². The number of halogens is 2. The highest BCUT2D eigenvalue weighted by Crippen LogP contribution is 2.30. The van der Waals surface area contributed by atoms with E-state index in [1.807, 2.05) is 43.3 Å². The second-order valence-corrected chi connectivity index (χ2v) is 10.7. The van der Waals surface area contributed by atoms with Crippen molar-refractivity contribution in [1.29, 1.82) is 0 Å². The summed E-state index contributed by atoms with van der Waals surface area (Å²) in [5, 5.41) is 4.37. The van der Waals surface area contributed by atoms with Crippen LogP contribution in [0.4, 0.5) is 20.5 Å². The summed E-state index contributed by atoms with van der Waals surface area (Å²) in [5.74, 6) is 0.277. The molecule has 1 aliphatic rings. The van der Waals surface area contributed by atoms with E-state index >= 15 is 0 Å². The van der Waals surface area contributed by atoms with Gasteiger partial charge in [-0.1, -0.05) is 12.1 Å². The topological polar surface area (TPSA) is 87.2 Å². The van der Waals surface area contributed by atoms with Crippen LogP contribution in [0.25, 0.3) is 10.9 Å². The molecular formula is C24H29F2N5O2S. The molecule has 0 radical (unpaired) electrons. The molecule has 0 aliphatic heterocycles. The molecule has 0 amide bonds. The molecule has 1 aromatic heterocycles. The predicted octanol–water partition coefficient (Wildman–Crippen LogP) is 4.17. The Bertz CT molecular complexity index is 1260. The quantitative estimate of drug-likeness (QED) is 0.494. The zero-order valence-corrected chi connectivity index (χ0v) is 20.1. The number of aromatic nitrogens is 2. The minimum atomic E-state index is -4.10. The van der Waals surface area contributed by atoms with Crippen molar-refractivity contribution in [3.05, 3.63) is 54.1 Å². The molecule has 7 nitrogen and oxygen atoms in total. The van der Waals surface area contributed by atoms with Gasteiger partial charge < -0.3 is 10.2 Å². The molecule has 34 heavy (non-hydrogen) atoms. The van der Waals surface area contributed by atoms with Gasteiger partial charge >= 0.3 is 0 Å². The predicted molar refractivity (Wildman–Crippen MR) is 129 cm³/mol. The van der Waals surface area contributed by atoms with Crippen LogP contribution in [-0.2, 0) is 10.0 Å². The molecule has 1 heterocycles. The highest BCUT2D eigenvalue weighted by Gasteiger charge is 2.25. The number of fused-ring (bicyclic) bond motifs is 1. The monoisotopic (exact) mass is 489 g/mol. The summed E-state index contributed by atoms with van der Waals surface area (Å²) in [4.78, 5) is 10.6. The van der Waals surface area contributed by atoms with Crippen LogP contribution in [0.5, 0.6) is 0 Å². The van der Waals surface area contributed by atoms with E-state index in [9.17, 15) is 17.2 Å². The van der Waals surface area contributed by atoms with E-state index in [0.717, 1.165) is 61.1 Å². The molecule has 4 rings (SSSR count). The van der Waals surface area contributed by atoms with Crippen molar-refractivity contribution in [2.75, 3.05) is 37.4 Å². The van der Waals surface area contributed by atoms with Gasteiger partial charge in [0.1, 0.15) is 22.3 Å². The van der Waals surface area contributed by atoms with Gasteiger partial charge in [-0.3, -0.25) is 0 Å². The maximum atomic E-state index is 13.9. The first kappa shape index (κ1) is 24.3. The molecule has 1 fully saturated rings. The Morgan fingerprint density at radius 2 is 1.65 bits per heavy atom. The van der Waals surface area contributed by atoms with E-state index in [1.165, 1.54) is 0 Å². The lowest BCUT2D eigenvalue weighted by Gasteiger charge is -2.28. The third-order valence-corrected chi connectivity index (χ3v) is 7.71. The molecule has 0 bridgehead atoms. The Morgan fingerprint density at radius 3 is 2.35 bits per heavy atom. The SMILES string of the molecule is CN(C)c1nc(NCC2CCC(CNS(=O)(=O)c3cc(F)ccc3F)CC2)nc2ccccc12. The molecule has 2 aromatic carbocycles. The average Bonchev–Trinajstić information content (AvgIpc) is 2.83. The van der Waals surface area contributed by atoms with Crippen LogP contribution < -0.4 is 14.9 Å². The van der Waals surface area contributed by atoms with E-state index < -0.39 is 26.6 Å². The fourth-order valence-electron chi connectivity index (χ4n) is 4.34. The summed E-state index contributed by atoms with van der Waals surface area (Å²) in [6.07, 6.45) is 3.56. The maximum Gasteiger partial charge on any atom is 0.243 e. The summed E-state index contributed by atoms with van der Waals surface area (Å²) in [6.45, 7) is 0.941. The fourth-order valence-corrected chi connectivity index (χ4v) is 5.55. The molecule has 0 atom stereocenters. The lowest BCUT2D eigenvalue weighted by molar-refractivity contribution is 0.284. The second-order valence-electron chi connectivity index (χ2n) is 8.98. The van der Waals surface area contributed by atoms with Crippen molar-refractivity contribution in [3.63, 3.8) is 0 Å². The first-order chi connectivity index (χ1) is 16.2. The average molecular weight is 490 g/mol. The van der Waals surface area contributed by atoms with Crippen LogP contribution in [0, 0.1) is 23.5 Å². The number of hydrogen-bond acceptors (Lipinski definition) is 6. The maximum absolute atomic E-state index is 13.9. The lowest BCUT2D eigenvalue weighted by atomic mass is 9.82. The largest absolute Gasteiger partial charge is 0.362 e. The Hall–Kier alpha value is -2.85. The number of nitrogens with zero attached hydrogens (tertiary/aromatic N) is 3. The van der Waals surface area contributed by atoms with Crippen molar-refractivity contribution < 1.29 is 17.2 Å². The number of anilines is 2. The van der Waals surface area contributed by atoms with Gasteiger partial charge in [0.15, 0.2) is 0 Å². The number of nitrogens with one attached hydrogen (secondary N) is 2. The normalized spacial score (nSPS) is 18.7. The molecule has 0 unspecified atom stereocenters. The fraction of sp³-hybridized carbons (Fsp3) is 0.417. The first-order valence-electron chi connectivity index (χ1n) is 11.4. The van der Waals surface area contributed by atoms with Crippen molar-refractivity contribution in [1.82, 2.24) is 14.7 Å². The van der Waals surface area contributed by atoms with Crippen LogP contribution in [0.2, 0.25) is 0 Å². The molecular weight excluding hydrogens is 460 g/mol. The molecule has 182 valence electrons. The van der Waals surface area contributed by atoms with E-state index in [4.69, 9.17) is 0 Å². The molecule has 0 saturated heterocycles. The summed E-state index contributed by atoms with van der Waals surface area (Å²) in [7, 11) is -0.189. The lowest BCUT2D eigenvalue weighted by Crippen LogP contribution is -2.32. The van der Waals surface area contributed by atoms with Crippen molar-refractivity contribution in [2.24, 2.45) is 11.8 Å². The van der Waals surface area contributed by atoms with E-state index in [-0.39, 0.29) is 12.5 Å². The third kappa shape index (κ3) is 5.61. The smallest absolute Gasteiger partial charge is 0.243 e. The Kier molecular flexibility index (Phi) is 7.27. The van der Waals surface area contributed by atoms with E-state index in [2.05, 4.69) is 20.0 Å². The Morgan fingerprint density at radius 1 is 0.971 bits per heavy atom. The van der Waals surface area contributed by atoms with Crippen LogP contribution in [-0.4, -0.2) is 45.6 Å². The van der Waals surface area contributed by atoms with E-state index in [1.54, 1.807) is 0 Å². The minimum absolute atomic E-state index is 0.153. The summed E-state index contributed by atoms with van der Waals surface area (Å²) < 4.78 is 54.5. The zero-order valence-electron chi connectivity index (χ0n) is 19.3. The standard InChI is InChI=1S/C24H29F2N5O2S/c1-31(2)23-19-5-3-4-6-21(19)29-24(30-23)27-14-16-7-9-17(10-8-16)15-28-34(32,33)22-13-18(25)11-12-20(22)26/h3-6,11-13,16-17,28H,7-10,14-15H2,1-2H3,(H,27,29,30). The van der Waals surface area contributed by atoms with Crippen LogP contribution >= 0.6 is 0 Å². The molecule has 0 spiro atoms. The van der Waals surface area contributed by atoms with Gasteiger partial charge in [-0.05, 0) is 67.9 Å². The summed E-state index contributed by atoms with van der Waals surface area (Å²) in [5.41, 5.74) is 0.884. The number of hydrogen-bond donors (Lipinski definition) is 2. The zero-order chi connectivity index (χ0) is 24.3. The van der Waals surface area contributed by atoms with Crippen molar-refractivity contribution in [3.8, 4) is 0 Å². The number of rotatable bonds is 8. The summed E-state index contributed by atoms with van der Waals surface area (Å²) in [6, 6.07) is 10.3. The number of sulfonamides is 1. The van der Waals surface area contributed by atoms with Crippen LogP contribution in [0.1, 0.15) is 25.7 Å². The molecule has 10 heteroatoms. The van der Waals surface area contributed by atoms with Crippen molar-refractivity contribution in [2.45, 2.75) is 30.6 Å². The first-order valence-corrected chi connectivity index (χ1v) is 12.8. The summed E-state index contributed by atoms with van der Waals surface area (Å²) >= 11 is 0. The highest BCUT2D eigenvalue weighted by atomic mass is 32.2. The van der Waals surface area contributed by atoms with Gasteiger partial charge in [-0.15, -0.1) is 0 Å². The van der Waals surface area contributed by atoms with Gasteiger partial charge in [0.05, 0.1) is 5.52 Å². The van der Waals surface area contributed by atoms with Gasteiger partial charge in [0, 0.05) is 32.6 Å². The Labute approximate surface area is 198 Å². The highest BCUT2D eigenvalue weighted by molar-refractivity contribution is 7.89. The molecule has 2 N–H and O–H groups in total. The third-order valence-electron chi connectivity index (χ3n) is 6.27. The molecule has 1 aliphatic carbocycles. The van der Waals surface area contributed by atoms with Gasteiger partial charge in [-0.25, -0.2) is 26.9 Å².